The predicted molar refractivity (Wildman–Crippen MR) is 108 cm³/mol. The van der Waals surface area contributed by atoms with E-state index in [2.05, 4.69) is 17.0 Å². The van der Waals surface area contributed by atoms with Crippen LogP contribution in [0.3, 0.4) is 0 Å². The van der Waals surface area contributed by atoms with Crippen molar-refractivity contribution in [1.82, 2.24) is 4.90 Å². The number of aliphatic imine (C=N–C) groups is 1. The van der Waals surface area contributed by atoms with Gasteiger partial charge in [0.2, 0.25) is 0 Å². The third-order valence-corrected chi connectivity index (χ3v) is 5.69. The van der Waals surface area contributed by atoms with Crippen LogP contribution in [0, 0.1) is 5.82 Å². The Labute approximate surface area is 168 Å². The largest absolute Gasteiger partial charge is 0.497 e. The lowest BCUT2D eigenvalue weighted by Crippen LogP contribution is -2.08. The van der Waals surface area contributed by atoms with E-state index < -0.39 is 0 Å². The number of halogens is 2. The van der Waals surface area contributed by atoms with Crippen molar-refractivity contribution in [2.45, 2.75) is 18.2 Å². The van der Waals surface area contributed by atoms with Gasteiger partial charge in [-0.05, 0) is 53.1 Å². The Morgan fingerprint density at radius 2 is 1.50 bits per heavy atom. The molecule has 2 heterocycles. The Kier molecular flexibility index (Phi) is 4.18. The fourth-order valence-electron chi connectivity index (χ4n) is 4.02. The highest BCUT2D eigenvalue weighted by atomic mass is 35.5. The maximum atomic E-state index is 13.4. The molecule has 2 aliphatic rings. The van der Waals surface area contributed by atoms with E-state index in [0.29, 0.717) is 5.02 Å². The van der Waals surface area contributed by atoms with E-state index in [1.54, 1.807) is 7.11 Å². The summed E-state index contributed by atoms with van der Waals surface area (Å²) >= 11 is 6.06. The first-order chi connectivity index (χ1) is 13.7. The van der Waals surface area contributed by atoms with Crippen molar-refractivity contribution < 1.29 is 9.13 Å². The van der Waals surface area contributed by atoms with Crippen molar-refractivity contribution >= 4 is 17.3 Å². The molecule has 0 aromatic heterocycles. The van der Waals surface area contributed by atoms with E-state index in [-0.39, 0.29) is 24.1 Å². The molecule has 5 heteroatoms. The van der Waals surface area contributed by atoms with Crippen molar-refractivity contribution in [2.75, 3.05) is 7.11 Å². The zero-order valence-electron chi connectivity index (χ0n) is 15.2. The van der Waals surface area contributed by atoms with E-state index in [9.17, 15) is 4.39 Å². The van der Waals surface area contributed by atoms with Crippen LogP contribution in [0.25, 0.3) is 0 Å². The number of ether oxygens (including phenoxy) is 1. The minimum absolute atomic E-state index is 0.122. The first-order valence-corrected chi connectivity index (χ1v) is 9.54. The topological polar surface area (TPSA) is 24.6 Å². The number of methoxy groups -OCH3 is 1. The summed E-state index contributed by atoms with van der Waals surface area (Å²) in [5, 5.41) is 0.705. The molecule has 0 radical (unpaired) electrons. The van der Waals surface area contributed by atoms with E-state index in [1.165, 1.54) is 17.7 Å². The molecule has 0 saturated carbocycles. The van der Waals surface area contributed by atoms with Gasteiger partial charge in [-0.15, -0.1) is 0 Å². The van der Waals surface area contributed by atoms with Gasteiger partial charge >= 0.3 is 0 Å². The summed E-state index contributed by atoms with van der Waals surface area (Å²) in [6.45, 7) is 0. The summed E-state index contributed by atoms with van der Waals surface area (Å²) < 4.78 is 18.7. The van der Waals surface area contributed by atoms with Crippen LogP contribution in [0.2, 0.25) is 5.02 Å². The second-order valence-corrected chi connectivity index (χ2v) is 7.49. The van der Waals surface area contributed by atoms with Gasteiger partial charge < -0.3 is 4.74 Å². The van der Waals surface area contributed by atoms with Crippen LogP contribution in [0.15, 0.2) is 77.8 Å². The lowest BCUT2D eigenvalue weighted by Gasteiger charge is -2.15. The van der Waals surface area contributed by atoms with Crippen molar-refractivity contribution in [3.05, 3.63) is 100 Å². The van der Waals surface area contributed by atoms with Crippen LogP contribution in [-0.2, 0) is 0 Å². The molecule has 0 aliphatic carbocycles. The molecule has 0 N–H and O–H groups in total. The fraction of sp³-hybridized carbons (Fsp3) is 0.174. The molecule has 1 fully saturated rings. The highest BCUT2D eigenvalue weighted by Crippen LogP contribution is 2.55. The number of hydrogen-bond donors (Lipinski definition) is 0. The normalized spacial score (nSPS) is 25.2. The highest BCUT2D eigenvalue weighted by molar-refractivity contribution is 6.30. The molecule has 1 unspecified atom stereocenters. The van der Waals surface area contributed by atoms with Gasteiger partial charge in [-0.25, -0.2) is 4.39 Å². The van der Waals surface area contributed by atoms with Gasteiger partial charge in [0.15, 0.2) is 0 Å². The smallest absolute Gasteiger partial charge is 0.129 e. The van der Waals surface area contributed by atoms with Crippen molar-refractivity contribution in [3.8, 4) is 5.75 Å². The van der Waals surface area contributed by atoms with Crippen molar-refractivity contribution in [2.24, 2.45) is 4.99 Å². The second-order valence-electron chi connectivity index (χ2n) is 7.06. The number of rotatable bonds is 4. The monoisotopic (exact) mass is 392 g/mol. The third-order valence-electron chi connectivity index (χ3n) is 5.44. The standard InChI is InChI=1S/C23H18ClFN2O/c1-28-19-12-6-15(7-13-19)21-22-20(14-2-8-17(24)9-3-14)26-23(27(21)22)16-4-10-18(25)11-5-16/h2-13,21-23H,1H3/t21-,22+,23+,27?/m1/s1. The summed E-state index contributed by atoms with van der Waals surface area (Å²) in [5.41, 5.74) is 4.33. The molecule has 0 amide bonds. The highest BCUT2D eigenvalue weighted by Gasteiger charge is 2.59. The number of hydrogen-bond acceptors (Lipinski definition) is 3. The number of benzene rings is 3. The van der Waals surface area contributed by atoms with E-state index in [1.807, 2.05) is 48.5 Å². The van der Waals surface area contributed by atoms with Crippen LogP contribution in [0.1, 0.15) is 28.9 Å². The Hall–Kier alpha value is -2.69. The number of nitrogens with zero attached hydrogens (tertiary/aromatic N) is 2. The van der Waals surface area contributed by atoms with Gasteiger partial charge in [0.25, 0.3) is 0 Å². The Morgan fingerprint density at radius 3 is 2.14 bits per heavy atom. The zero-order chi connectivity index (χ0) is 19.3. The third kappa shape index (κ3) is 2.89. The molecule has 3 aromatic carbocycles. The van der Waals surface area contributed by atoms with Crippen LogP contribution in [-0.4, -0.2) is 23.8 Å². The molecular formula is C23H18ClFN2O. The lowest BCUT2D eigenvalue weighted by molar-refractivity contribution is 0.402. The molecule has 140 valence electrons. The summed E-state index contributed by atoms with van der Waals surface area (Å²) in [4.78, 5) is 7.34. The van der Waals surface area contributed by atoms with E-state index >= 15 is 0 Å². The van der Waals surface area contributed by atoms with Crippen LogP contribution >= 0.6 is 11.6 Å². The molecule has 2 aliphatic heterocycles. The first kappa shape index (κ1) is 17.4. The average Bonchev–Trinajstić information content (AvgIpc) is 3.34. The molecular weight excluding hydrogens is 375 g/mol. The molecule has 4 atom stereocenters. The molecule has 5 rings (SSSR count). The molecule has 0 spiro atoms. The Bertz CT molecular complexity index is 1030. The molecule has 0 bridgehead atoms. The van der Waals surface area contributed by atoms with Crippen LogP contribution < -0.4 is 4.74 Å². The molecule has 3 nitrogen and oxygen atoms in total. The molecule has 1 saturated heterocycles. The number of fused-ring (bicyclic) bond motifs is 1. The summed E-state index contributed by atoms with van der Waals surface area (Å²) in [7, 11) is 1.67. The average molecular weight is 393 g/mol. The van der Waals surface area contributed by atoms with Gasteiger partial charge in [-0.3, -0.25) is 9.89 Å². The second kappa shape index (κ2) is 6.73. The van der Waals surface area contributed by atoms with Gasteiger partial charge in [-0.1, -0.05) is 48.0 Å². The maximum Gasteiger partial charge on any atom is 0.129 e. The minimum atomic E-state index is -0.238. The van der Waals surface area contributed by atoms with E-state index in [0.717, 1.165) is 22.6 Å². The minimum Gasteiger partial charge on any atom is -0.497 e. The molecule has 28 heavy (non-hydrogen) atoms. The van der Waals surface area contributed by atoms with Crippen molar-refractivity contribution in [1.29, 1.82) is 0 Å². The molecule has 3 aromatic rings. The zero-order valence-corrected chi connectivity index (χ0v) is 16.0. The first-order valence-electron chi connectivity index (χ1n) is 9.16. The lowest BCUT2D eigenvalue weighted by atomic mass is 10.0. The van der Waals surface area contributed by atoms with Gasteiger partial charge in [-0.2, -0.15) is 0 Å². The van der Waals surface area contributed by atoms with Gasteiger partial charge in [0.1, 0.15) is 17.7 Å². The van der Waals surface area contributed by atoms with Crippen molar-refractivity contribution in [3.63, 3.8) is 0 Å². The Balaban J connectivity index is 1.53. The Morgan fingerprint density at radius 1 is 0.857 bits per heavy atom. The summed E-state index contributed by atoms with van der Waals surface area (Å²) in [6, 6.07) is 23.0. The SMILES string of the molecule is COc1ccc([C@@H]2[C@@H]3C(c4ccc(Cl)cc4)=N[C@H](c4ccc(F)cc4)N23)cc1. The van der Waals surface area contributed by atoms with Gasteiger partial charge in [0, 0.05) is 5.02 Å². The maximum absolute atomic E-state index is 13.4. The van der Waals surface area contributed by atoms with Crippen LogP contribution in [0.4, 0.5) is 4.39 Å². The summed E-state index contributed by atoms with van der Waals surface area (Å²) in [5.74, 6) is 0.601. The predicted octanol–water partition coefficient (Wildman–Crippen LogP) is 5.41. The van der Waals surface area contributed by atoms with Gasteiger partial charge in [0.05, 0.1) is 24.9 Å². The van der Waals surface area contributed by atoms with E-state index in [4.69, 9.17) is 21.3 Å². The quantitative estimate of drug-likeness (QED) is 0.554. The fourth-order valence-corrected chi connectivity index (χ4v) is 4.15. The summed E-state index contributed by atoms with van der Waals surface area (Å²) in [6.07, 6.45) is -0.122. The van der Waals surface area contributed by atoms with Crippen LogP contribution in [0.5, 0.6) is 5.75 Å².